The van der Waals surface area contributed by atoms with Gasteiger partial charge in [0.2, 0.25) is 0 Å². The summed E-state index contributed by atoms with van der Waals surface area (Å²) >= 11 is 0. The van der Waals surface area contributed by atoms with E-state index in [9.17, 15) is 0 Å². The number of H-pyrrole nitrogens is 1. The van der Waals surface area contributed by atoms with Gasteiger partial charge < -0.3 is 14.8 Å². The Labute approximate surface area is 135 Å². The molecule has 4 nitrogen and oxygen atoms in total. The fraction of sp³-hybridized carbons (Fsp3) is 0.316. The van der Waals surface area contributed by atoms with Crippen molar-refractivity contribution in [3.63, 3.8) is 0 Å². The van der Waals surface area contributed by atoms with Crippen LogP contribution in [-0.4, -0.2) is 47.6 Å². The van der Waals surface area contributed by atoms with Crippen LogP contribution < -0.4 is 4.90 Å². The number of aromatic amines is 1. The monoisotopic (exact) mass is 304 g/mol. The fourth-order valence-electron chi connectivity index (χ4n) is 4.10. The van der Waals surface area contributed by atoms with E-state index in [0.717, 1.165) is 25.0 Å². The van der Waals surface area contributed by atoms with Crippen molar-refractivity contribution in [2.45, 2.75) is 6.04 Å². The van der Waals surface area contributed by atoms with E-state index < -0.39 is 0 Å². The van der Waals surface area contributed by atoms with Gasteiger partial charge in [0.05, 0.1) is 11.9 Å². The third kappa shape index (κ3) is 2.05. The first-order valence-corrected chi connectivity index (χ1v) is 8.26. The van der Waals surface area contributed by atoms with Crippen molar-refractivity contribution in [2.75, 3.05) is 31.6 Å². The number of anilines is 1. The number of fused-ring (bicyclic) bond motifs is 2. The van der Waals surface area contributed by atoms with Gasteiger partial charge in [-0.2, -0.15) is 0 Å². The third-order valence-electron chi connectivity index (χ3n) is 5.47. The molecule has 1 aromatic carbocycles. The van der Waals surface area contributed by atoms with Gasteiger partial charge in [0.25, 0.3) is 0 Å². The fourth-order valence-corrected chi connectivity index (χ4v) is 4.10. The van der Waals surface area contributed by atoms with Crippen LogP contribution in [0.3, 0.4) is 0 Å². The molecule has 3 aromatic rings. The molecule has 0 saturated carbocycles. The summed E-state index contributed by atoms with van der Waals surface area (Å²) in [6, 6.07) is 11.7. The molecule has 0 spiro atoms. The van der Waals surface area contributed by atoms with Crippen molar-refractivity contribution < 1.29 is 0 Å². The average molecular weight is 304 g/mol. The predicted octanol–water partition coefficient (Wildman–Crippen LogP) is 2.98. The number of hydrogen-bond acceptors (Lipinski definition) is 3. The Morgan fingerprint density at radius 2 is 2.00 bits per heavy atom. The van der Waals surface area contributed by atoms with E-state index in [4.69, 9.17) is 0 Å². The van der Waals surface area contributed by atoms with Gasteiger partial charge in [-0.15, -0.1) is 0 Å². The molecule has 2 aliphatic heterocycles. The minimum absolute atomic E-state index is 0.731. The molecule has 0 aliphatic carbocycles. The molecule has 2 atom stereocenters. The first kappa shape index (κ1) is 13.1. The molecule has 5 rings (SSSR count). The van der Waals surface area contributed by atoms with Crippen molar-refractivity contribution in [2.24, 2.45) is 5.92 Å². The van der Waals surface area contributed by atoms with Crippen LogP contribution in [0.4, 0.5) is 5.69 Å². The molecule has 4 heterocycles. The SMILES string of the molecule is CN1C[C@H]2CN(c3cncc(-c4ccc5[nH]ccc5c4)c3)C[C@H]21. The standard InChI is InChI=1S/C19H20N4/c1-22-10-16-11-23(12-19(16)22)17-7-15(8-20-9-17)13-2-3-18-14(6-13)4-5-21-18/h2-9,16,19,21H,10-12H2,1H3/t16-,19+/m0/s1. The molecule has 2 saturated heterocycles. The van der Waals surface area contributed by atoms with E-state index in [1.807, 2.05) is 18.6 Å². The van der Waals surface area contributed by atoms with Crippen molar-refractivity contribution in [3.05, 3.63) is 48.9 Å². The number of nitrogens with zero attached hydrogens (tertiary/aromatic N) is 3. The summed E-state index contributed by atoms with van der Waals surface area (Å²) < 4.78 is 0. The van der Waals surface area contributed by atoms with Crippen LogP contribution >= 0.6 is 0 Å². The summed E-state index contributed by atoms with van der Waals surface area (Å²) in [5, 5.41) is 1.24. The first-order valence-electron chi connectivity index (χ1n) is 8.26. The minimum Gasteiger partial charge on any atom is -0.368 e. The largest absolute Gasteiger partial charge is 0.368 e. The molecule has 4 heteroatoms. The number of aromatic nitrogens is 2. The molecule has 0 radical (unpaired) electrons. The molecule has 0 bridgehead atoms. The number of pyridine rings is 1. The Morgan fingerprint density at radius 1 is 1.04 bits per heavy atom. The van der Waals surface area contributed by atoms with Crippen molar-refractivity contribution >= 4 is 16.6 Å². The van der Waals surface area contributed by atoms with E-state index >= 15 is 0 Å². The van der Waals surface area contributed by atoms with Gasteiger partial charge in [0.15, 0.2) is 0 Å². The maximum Gasteiger partial charge on any atom is 0.0559 e. The number of likely N-dealkylation sites (N-methyl/N-ethyl adjacent to an activating group) is 1. The number of rotatable bonds is 2. The van der Waals surface area contributed by atoms with Gasteiger partial charge in [0.1, 0.15) is 0 Å². The van der Waals surface area contributed by atoms with Crippen LogP contribution in [0, 0.1) is 5.92 Å². The Bertz CT molecular complexity index is 868. The van der Waals surface area contributed by atoms with Gasteiger partial charge in [-0.25, -0.2) is 0 Å². The molecule has 116 valence electrons. The highest BCUT2D eigenvalue weighted by Crippen LogP contribution is 2.34. The Kier molecular flexibility index (Phi) is 2.76. The van der Waals surface area contributed by atoms with Crippen LogP contribution in [-0.2, 0) is 0 Å². The van der Waals surface area contributed by atoms with Crippen molar-refractivity contribution in [1.82, 2.24) is 14.9 Å². The van der Waals surface area contributed by atoms with Crippen molar-refractivity contribution in [3.8, 4) is 11.1 Å². The van der Waals surface area contributed by atoms with Crippen molar-refractivity contribution in [1.29, 1.82) is 0 Å². The van der Waals surface area contributed by atoms with Gasteiger partial charge in [0, 0.05) is 55.1 Å². The Balaban J connectivity index is 1.48. The summed E-state index contributed by atoms with van der Waals surface area (Å²) in [5.41, 5.74) is 4.85. The minimum atomic E-state index is 0.731. The van der Waals surface area contributed by atoms with Gasteiger partial charge in [-0.05, 0) is 42.3 Å². The van der Waals surface area contributed by atoms with Gasteiger partial charge >= 0.3 is 0 Å². The van der Waals surface area contributed by atoms with E-state index in [-0.39, 0.29) is 0 Å². The molecule has 2 aliphatic rings. The van der Waals surface area contributed by atoms with Crippen LogP contribution in [0.5, 0.6) is 0 Å². The summed E-state index contributed by atoms with van der Waals surface area (Å²) in [6.45, 7) is 3.53. The molecular formula is C19H20N4. The van der Waals surface area contributed by atoms with Crippen LogP contribution in [0.2, 0.25) is 0 Å². The maximum absolute atomic E-state index is 4.50. The molecular weight excluding hydrogens is 284 g/mol. The van der Waals surface area contributed by atoms with Crippen LogP contribution in [0.15, 0.2) is 48.9 Å². The summed E-state index contributed by atoms with van der Waals surface area (Å²) in [7, 11) is 2.23. The van der Waals surface area contributed by atoms with E-state index in [1.54, 1.807) is 0 Å². The second kappa shape index (κ2) is 4.83. The zero-order valence-corrected chi connectivity index (χ0v) is 13.2. The van der Waals surface area contributed by atoms with E-state index in [2.05, 4.69) is 57.1 Å². The lowest BCUT2D eigenvalue weighted by Crippen LogP contribution is -2.52. The molecule has 2 fully saturated rings. The highest BCUT2D eigenvalue weighted by Gasteiger charge is 2.43. The molecule has 2 aromatic heterocycles. The summed E-state index contributed by atoms with van der Waals surface area (Å²) in [5.74, 6) is 0.833. The van der Waals surface area contributed by atoms with Gasteiger partial charge in [-0.3, -0.25) is 4.98 Å². The predicted molar refractivity (Wildman–Crippen MR) is 93.7 cm³/mol. The lowest BCUT2D eigenvalue weighted by molar-refractivity contribution is 0.0827. The topological polar surface area (TPSA) is 35.2 Å². The number of likely N-dealkylation sites (tertiary alicyclic amines) is 1. The molecule has 0 amide bonds. The lowest BCUT2D eigenvalue weighted by Gasteiger charge is -2.40. The zero-order chi connectivity index (χ0) is 15.4. The number of hydrogen-bond donors (Lipinski definition) is 1. The maximum atomic E-state index is 4.50. The summed E-state index contributed by atoms with van der Waals surface area (Å²) in [4.78, 5) is 12.7. The van der Waals surface area contributed by atoms with E-state index in [1.165, 1.54) is 34.3 Å². The van der Waals surface area contributed by atoms with Crippen LogP contribution in [0.1, 0.15) is 0 Å². The molecule has 1 N–H and O–H groups in total. The zero-order valence-electron chi connectivity index (χ0n) is 13.2. The molecule has 23 heavy (non-hydrogen) atoms. The Hall–Kier alpha value is -2.33. The normalized spacial score (nSPS) is 24.0. The Morgan fingerprint density at radius 3 is 2.87 bits per heavy atom. The number of nitrogens with one attached hydrogen (secondary N) is 1. The highest BCUT2D eigenvalue weighted by atomic mass is 15.3. The lowest BCUT2D eigenvalue weighted by atomic mass is 9.93. The van der Waals surface area contributed by atoms with E-state index in [0.29, 0.717) is 0 Å². The average Bonchev–Trinajstić information content (AvgIpc) is 3.18. The van der Waals surface area contributed by atoms with Crippen LogP contribution in [0.25, 0.3) is 22.0 Å². The second-order valence-corrected chi connectivity index (χ2v) is 6.88. The first-order chi connectivity index (χ1) is 11.3. The summed E-state index contributed by atoms with van der Waals surface area (Å²) in [6.07, 6.45) is 5.96. The smallest absolute Gasteiger partial charge is 0.0559 e. The molecule has 0 unspecified atom stereocenters. The van der Waals surface area contributed by atoms with Gasteiger partial charge in [-0.1, -0.05) is 6.07 Å². The quantitative estimate of drug-likeness (QED) is 0.790. The number of benzene rings is 1. The highest BCUT2D eigenvalue weighted by molar-refractivity contribution is 5.85. The third-order valence-corrected chi connectivity index (χ3v) is 5.47. The second-order valence-electron chi connectivity index (χ2n) is 6.88.